The largest absolute Gasteiger partial charge is 0.444 e. The molecule has 0 radical (unpaired) electrons. The zero-order valence-corrected chi connectivity index (χ0v) is 28.6. The van der Waals surface area contributed by atoms with Crippen molar-refractivity contribution in [3.8, 4) is 0 Å². The van der Waals surface area contributed by atoms with E-state index in [0.717, 1.165) is 24.1 Å². The molecule has 2 aliphatic rings. The molecule has 4 unspecified atom stereocenters. The van der Waals surface area contributed by atoms with Gasteiger partial charge in [-0.3, -0.25) is 4.79 Å². The standard InChI is InChI=1S/C39H51N3O4/c1-26-14-16-28(17-15-26)36(43)42(23-11-22-40-37(44)46-39(5,6)7)25-30-19-20-31-34(27-12-9-8-10-13-27)41-33-21-18-29(38(2,3)4)24-32(33)35(31)45-30/h8-10,12-18,21,24,30-31,34-35,41H,11,19-20,22-23,25H2,1-7H3,(H,40,44). The van der Waals surface area contributed by atoms with Crippen LogP contribution in [-0.4, -0.2) is 48.2 Å². The van der Waals surface area contributed by atoms with Crippen molar-refractivity contribution in [2.75, 3.05) is 25.0 Å². The monoisotopic (exact) mass is 625 g/mol. The van der Waals surface area contributed by atoms with Crippen LogP contribution in [0.15, 0.2) is 72.8 Å². The second-order valence-corrected chi connectivity index (χ2v) is 14.9. The lowest BCUT2D eigenvalue weighted by Gasteiger charge is -2.46. The molecule has 0 spiro atoms. The number of nitrogens with zero attached hydrogens (tertiary/aromatic N) is 1. The minimum Gasteiger partial charge on any atom is -0.444 e. The number of carbonyl (C=O) groups is 2. The van der Waals surface area contributed by atoms with Crippen LogP contribution in [0.4, 0.5) is 10.5 Å². The summed E-state index contributed by atoms with van der Waals surface area (Å²) in [7, 11) is 0. The zero-order valence-electron chi connectivity index (χ0n) is 28.6. The second-order valence-electron chi connectivity index (χ2n) is 14.9. The predicted molar refractivity (Wildman–Crippen MR) is 184 cm³/mol. The second kappa shape index (κ2) is 13.9. The molecule has 1 fully saturated rings. The Kier molecular flexibility index (Phi) is 10.1. The van der Waals surface area contributed by atoms with Crippen molar-refractivity contribution in [3.05, 3.63) is 101 Å². The van der Waals surface area contributed by atoms with Crippen LogP contribution < -0.4 is 10.6 Å². The van der Waals surface area contributed by atoms with E-state index in [1.54, 1.807) is 0 Å². The quantitative estimate of drug-likeness (QED) is 0.246. The Balaban J connectivity index is 1.36. The highest BCUT2D eigenvalue weighted by Crippen LogP contribution is 2.51. The number of hydrogen-bond acceptors (Lipinski definition) is 5. The molecule has 2 N–H and O–H groups in total. The van der Waals surface area contributed by atoms with Crippen molar-refractivity contribution in [2.24, 2.45) is 5.92 Å². The van der Waals surface area contributed by atoms with Gasteiger partial charge in [-0.25, -0.2) is 4.79 Å². The molecule has 0 aliphatic carbocycles. The molecule has 3 aromatic rings. The Morgan fingerprint density at radius 2 is 1.67 bits per heavy atom. The van der Waals surface area contributed by atoms with Crippen molar-refractivity contribution in [1.82, 2.24) is 10.2 Å². The van der Waals surface area contributed by atoms with Gasteiger partial charge < -0.3 is 25.0 Å². The Bertz CT molecular complexity index is 1490. The van der Waals surface area contributed by atoms with Gasteiger partial charge in [-0.05, 0) is 81.7 Å². The van der Waals surface area contributed by atoms with E-state index < -0.39 is 11.7 Å². The number of alkyl carbamates (subject to hydrolysis) is 1. The molecule has 0 saturated carbocycles. The number of nitrogens with one attached hydrogen (secondary N) is 2. The molecule has 7 heteroatoms. The number of carbonyl (C=O) groups excluding carboxylic acids is 2. The highest BCUT2D eigenvalue weighted by atomic mass is 16.6. The van der Waals surface area contributed by atoms with Gasteiger partial charge in [-0.1, -0.05) is 80.9 Å². The van der Waals surface area contributed by atoms with Crippen LogP contribution in [0.1, 0.15) is 106 Å². The van der Waals surface area contributed by atoms with Crippen LogP contribution in [0.2, 0.25) is 0 Å². The highest BCUT2D eigenvalue weighted by Gasteiger charge is 2.43. The summed E-state index contributed by atoms with van der Waals surface area (Å²) in [6.07, 6.45) is 1.79. The van der Waals surface area contributed by atoms with Crippen LogP contribution in [0.3, 0.4) is 0 Å². The molecule has 3 aromatic carbocycles. The molecule has 2 amide bonds. The zero-order chi connectivity index (χ0) is 33.1. The van der Waals surface area contributed by atoms with Crippen LogP contribution in [0.25, 0.3) is 0 Å². The lowest BCUT2D eigenvalue weighted by Crippen LogP contribution is -2.45. The minimum atomic E-state index is -0.561. The van der Waals surface area contributed by atoms with E-state index >= 15 is 0 Å². The number of anilines is 1. The number of benzene rings is 3. The summed E-state index contributed by atoms with van der Waals surface area (Å²) in [5.41, 5.74) is 6.08. The molecule has 2 heterocycles. The molecule has 5 rings (SSSR count). The summed E-state index contributed by atoms with van der Waals surface area (Å²) in [5, 5.41) is 6.69. The first-order chi connectivity index (χ1) is 21.8. The van der Waals surface area contributed by atoms with Gasteiger partial charge in [0, 0.05) is 42.4 Å². The Morgan fingerprint density at radius 3 is 2.35 bits per heavy atom. The molecule has 46 heavy (non-hydrogen) atoms. The fraction of sp³-hybridized carbons (Fsp3) is 0.487. The summed E-state index contributed by atoms with van der Waals surface area (Å²) in [5.74, 6) is 0.242. The van der Waals surface area contributed by atoms with Gasteiger partial charge in [-0.15, -0.1) is 0 Å². The third-order valence-electron chi connectivity index (χ3n) is 8.95. The van der Waals surface area contributed by atoms with Crippen molar-refractivity contribution in [3.63, 3.8) is 0 Å². The van der Waals surface area contributed by atoms with Crippen LogP contribution in [-0.2, 0) is 14.9 Å². The summed E-state index contributed by atoms with van der Waals surface area (Å²) in [6, 6.07) is 25.3. The number of fused-ring (bicyclic) bond motifs is 3. The van der Waals surface area contributed by atoms with E-state index in [4.69, 9.17) is 9.47 Å². The maximum Gasteiger partial charge on any atom is 0.407 e. The van der Waals surface area contributed by atoms with Gasteiger partial charge in [0.1, 0.15) is 5.60 Å². The van der Waals surface area contributed by atoms with E-state index in [9.17, 15) is 9.59 Å². The van der Waals surface area contributed by atoms with Gasteiger partial charge in [0.2, 0.25) is 0 Å². The maximum absolute atomic E-state index is 13.9. The predicted octanol–water partition coefficient (Wildman–Crippen LogP) is 8.35. The number of aryl methyl sites for hydroxylation is 1. The fourth-order valence-electron chi connectivity index (χ4n) is 6.52. The van der Waals surface area contributed by atoms with Gasteiger partial charge in [-0.2, -0.15) is 0 Å². The number of rotatable bonds is 8. The van der Waals surface area contributed by atoms with E-state index in [-0.39, 0.29) is 35.5 Å². The first-order valence-corrected chi connectivity index (χ1v) is 16.7. The van der Waals surface area contributed by atoms with Crippen molar-refractivity contribution >= 4 is 17.7 Å². The summed E-state index contributed by atoms with van der Waals surface area (Å²) < 4.78 is 12.4. The molecule has 2 aliphatic heterocycles. The summed E-state index contributed by atoms with van der Waals surface area (Å²) in [6.45, 7) is 15.7. The molecular formula is C39H51N3O4. The highest BCUT2D eigenvalue weighted by molar-refractivity contribution is 5.94. The van der Waals surface area contributed by atoms with Crippen molar-refractivity contribution in [2.45, 2.75) is 97.0 Å². The van der Waals surface area contributed by atoms with Gasteiger partial charge in [0.05, 0.1) is 18.2 Å². The van der Waals surface area contributed by atoms with Gasteiger partial charge in [0.25, 0.3) is 5.91 Å². The smallest absolute Gasteiger partial charge is 0.407 e. The molecule has 0 bridgehead atoms. The Hall–Kier alpha value is -3.84. The molecule has 246 valence electrons. The van der Waals surface area contributed by atoms with Crippen LogP contribution in [0.5, 0.6) is 0 Å². The average Bonchev–Trinajstić information content (AvgIpc) is 3.01. The number of amides is 2. The minimum absolute atomic E-state index is 0.0134. The van der Waals surface area contributed by atoms with Gasteiger partial charge in [0.15, 0.2) is 0 Å². The maximum atomic E-state index is 13.9. The molecular weight excluding hydrogens is 574 g/mol. The molecule has 0 aromatic heterocycles. The fourth-order valence-corrected chi connectivity index (χ4v) is 6.52. The summed E-state index contributed by atoms with van der Waals surface area (Å²) >= 11 is 0. The Labute approximate surface area is 275 Å². The Morgan fingerprint density at radius 1 is 0.957 bits per heavy atom. The molecule has 1 saturated heterocycles. The first kappa shape index (κ1) is 33.5. The van der Waals surface area contributed by atoms with E-state index in [1.165, 1.54) is 16.7 Å². The third-order valence-corrected chi connectivity index (χ3v) is 8.95. The van der Waals surface area contributed by atoms with Crippen molar-refractivity contribution in [1.29, 1.82) is 0 Å². The average molecular weight is 626 g/mol. The lowest BCUT2D eigenvalue weighted by molar-refractivity contribution is -0.0999. The van der Waals surface area contributed by atoms with Crippen LogP contribution >= 0.6 is 0 Å². The first-order valence-electron chi connectivity index (χ1n) is 16.7. The number of hydrogen-bond donors (Lipinski definition) is 2. The third kappa shape index (κ3) is 8.30. The normalized spacial score (nSPS) is 20.9. The van der Waals surface area contributed by atoms with Crippen molar-refractivity contribution < 1.29 is 19.1 Å². The van der Waals surface area contributed by atoms with Gasteiger partial charge >= 0.3 is 6.09 Å². The SMILES string of the molecule is Cc1ccc(C(=O)N(CCCNC(=O)OC(C)(C)C)CC2CCC3C(c4ccccc4)Nc4ccc(C(C)(C)C)cc4C3O2)cc1. The number of ether oxygens (including phenoxy) is 2. The molecule has 4 atom stereocenters. The molecule has 7 nitrogen and oxygen atoms in total. The van der Waals surface area contributed by atoms with E-state index in [1.807, 2.05) is 56.9 Å². The lowest BCUT2D eigenvalue weighted by atomic mass is 9.75. The topological polar surface area (TPSA) is 79.9 Å². The van der Waals surface area contributed by atoms with Crippen LogP contribution in [0, 0.1) is 12.8 Å². The van der Waals surface area contributed by atoms with E-state index in [2.05, 4.69) is 79.9 Å². The van der Waals surface area contributed by atoms with E-state index in [0.29, 0.717) is 31.6 Å². The summed E-state index contributed by atoms with van der Waals surface area (Å²) in [4.78, 5) is 28.0.